The van der Waals surface area contributed by atoms with Crippen molar-refractivity contribution in [3.8, 4) is 0 Å². The number of nitrogens with zero attached hydrogens (tertiary/aromatic N) is 1. The number of benzene rings is 1. The Hall–Kier alpha value is -2.63. The molecule has 1 aliphatic carbocycles. The van der Waals surface area contributed by atoms with Crippen LogP contribution in [0.3, 0.4) is 0 Å². The predicted molar refractivity (Wildman–Crippen MR) is 96.8 cm³/mol. The van der Waals surface area contributed by atoms with Gasteiger partial charge in [0.2, 0.25) is 0 Å². The fraction of sp³-hybridized carbons (Fsp3) is 0.450. The summed E-state index contributed by atoms with van der Waals surface area (Å²) in [5.74, 6) is 0.0719. The van der Waals surface area contributed by atoms with Crippen molar-refractivity contribution < 1.29 is 14.0 Å². The Labute approximate surface area is 151 Å². The Bertz CT molecular complexity index is 960. The molecule has 1 fully saturated rings. The molecule has 0 bridgehead atoms. The molecular formula is C20H22N2O4. The van der Waals surface area contributed by atoms with Crippen LogP contribution in [-0.2, 0) is 24.2 Å². The largest absolute Gasteiger partial charge is 0.423 e. The molecule has 1 aliphatic heterocycles. The molecule has 1 N–H and O–H groups in total. The zero-order chi connectivity index (χ0) is 18.4. The van der Waals surface area contributed by atoms with E-state index in [0.717, 1.165) is 24.6 Å². The first-order chi connectivity index (χ1) is 12.4. The van der Waals surface area contributed by atoms with Gasteiger partial charge in [-0.05, 0) is 60.4 Å². The standard InChI is InChI=1S/C20H22N2O4/c1-11(2)6-16-19(24)22(20(25)21-16)10-14-9-18(23)26-17-8-13-5-3-4-12(13)7-15(14)17/h7-9,11,16H,3-6,10H2,1-2H3,(H,21,25)/t16-/m0/s1. The van der Waals surface area contributed by atoms with Crippen molar-refractivity contribution in [2.24, 2.45) is 5.92 Å². The van der Waals surface area contributed by atoms with E-state index in [2.05, 4.69) is 5.32 Å². The molecule has 0 unspecified atom stereocenters. The van der Waals surface area contributed by atoms with Gasteiger partial charge in [0.05, 0.1) is 6.54 Å². The lowest BCUT2D eigenvalue weighted by Gasteiger charge is -2.15. The summed E-state index contributed by atoms with van der Waals surface area (Å²) in [5, 5.41) is 3.55. The number of hydrogen-bond acceptors (Lipinski definition) is 4. The Morgan fingerprint density at radius 2 is 1.88 bits per heavy atom. The fourth-order valence-corrected chi connectivity index (χ4v) is 3.95. The molecule has 136 valence electrons. The summed E-state index contributed by atoms with van der Waals surface area (Å²) in [5.41, 5.74) is 3.18. The molecule has 2 heterocycles. The van der Waals surface area contributed by atoms with Gasteiger partial charge in [0.15, 0.2) is 0 Å². The van der Waals surface area contributed by atoms with Crippen LogP contribution >= 0.6 is 0 Å². The number of urea groups is 1. The number of nitrogens with one attached hydrogen (secondary N) is 1. The first-order valence-corrected chi connectivity index (χ1v) is 9.13. The molecule has 3 amide bonds. The van der Waals surface area contributed by atoms with Gasteiger partial charge in [-0.15, -0.1) is 0 Å². The third-order valence-corrected chi connectivity index (χ3v) is 5.19. The molecule has 1 aromatic carbocycles. The van der Waals surface area contributed by atoms with Crippen molar-refractivity contribution in [3.63, 3.8) is 0 Å². The van der Waals surface area contributed by atoms with Crippen LogP contribution in [0.1, 0.15) is 43.4 Å². The predicted octanol–water partition coefficient (Wildman–Crippen LogP) is 2.75. The molecule has 4 rings (SSSR count). The summed E-state index contributed by atoms with van der Waals surface area (Å²) in [7, 11) is 0. The number of carbonyl (C=O) groups excluding carboxylic acids is 2. The molecule has 1 aromatic heterocycles. The Kier molecular flexibility index (Phi) is 4.05. The minimum absolute atomic E-state index is 0.0835. The highest BCUT2D eigenvalue weighted by atomic mass is 16.4. The number of aryl methyl sites for hydroxylation is 2. The molecule has 0 spiro atoms. The Balaban J connectivity index is 1.70. The van der Waals surface area contributed by atoms with Crippen molar-refractivity contribution in [3.05, 3.63) is 45.3 Å². The van der Waals surface area contributed by atoms with E-state index in [1.54, 1.807) is 0 Å². The number of hydrogen-bond donors (Lipinski definition) is 1. The molecule has 1 atom stereocenters. The molecule has 6 heteroatoms. The monoisotopic (exact) mass is 354 g/mol. The first-order valence-electron chi connectivity index (χ1n) is 9.13. The minimum atomic E-state index is -0.488. The van der Waals surface area contributed by atoms with E-state index in [-0.39, 0.29) is 12.5 Å². The van der Waals surface area contributed by atoms with Gasteiger partial charge in [0.25, 0.3) is 5.91 Å². The maximum atomic E-state index is 12.6. The van der Waals surface area contributed by atoms with E-state index in [9.17, 15) is 14.4 Å². The van der Waals surface area contributed by atoms with Gasteiger partial charge < -0.3 is 9.73 Å². The third kappa shape index (κ3) is 2.89. The van der Waals surface area contributed by atoms with Crippen molar-refractivity contribution in [1.29, 1.82) is 0 Å². The molecule has 26 heavy (non-hydrogen) atoms. The molecule has 2 aromatic rings. The van der Waals surface area contributed by atoms with Gasteiger partial charge in [-0.1, -0.05) is 13.8 Å². The second kappa shape index (κ2) is 6.27. The van der Waals surface area contributed by atoms with Crippen molar-refractivity contribution in [1.82, 2.24) is 10.2 Å². The normalized spacial score (nSPS) is 19.5. The SMILES string of the molecule is CC(C)C[C@@H]1NC(=O)N(Cc2cc(=O)oc3cc4c(cc23)CCC4)C1=O. The maximum absolute atomic E-state index is 12.6. The summed E-state index contributed by atoms with van der Waals surface area (Å²) in [4.78, 5) is 38.1. The highest BCUT2D eigenvalue weighted by Gasteiger charge is 2.38. The van der Waals surface area contributed by atoms with Crippen LogP contribution in [0.4, 0.5) is 4.79 Å². The van der Waals surface area contributed by atoms with E-state index in [0.29, 0.717) is 23.5 Å². The molecule has 1 saturated heterocycles. The highest BCUT2D eigenvalue weighted by molar-refractivity contribution is 6.04. The summed E-state index contributed by atoms with van der Waals surface area (Å²) in [6, 6.07) is 4.47. The van der Waals surface area contributed by atoms with E-state index in [1.165, 1.54) is 22.1 Å². The Morgan fingerprint density at radius 1 is 1.15 bits per heavy atom. The zero-order valence-corrected chi connectivity index (χ0v) is 15.0. The van der Waals surface area contributed by atoms with Crippen LogP contribution in [0.5, 0.6) is 0 Å². The number of rotatable bonds is 4. The summed E-state index contributed by atoms with van der Waals surface area (Å²) >= 11 is 0. The molecule has 6 nitrogen and oxygen atoms in total. The highest BCUT2D eigenvalue weighted by Crippen LogP contribution is 2.29. The summed E-state index contributed by atoms with van der Waals surface area (Å²) < 4.78 is 5.36. The fourth-order valence-electron chi connectivity index (χ4n) is 3.95. The van der Waals surface area contributed by atoms with Crippen LogP contribution in [0.2, 0.25) is 0 Å². The average Bonchev–Trinajstić information content (AvgIpc) is 3.12. The number of carbonyl (C=O) groups is 2. The van der Waals surface area contributed by atoms with E-state index >= 15 is 0 Å². The van der Waals surface area contributed by atoms with Gasteiger partial charge in [-0.25, -0.2) is 9.59 Å². The quantitative estimate of drug-likeness (QED) is 0.676. The van der Waals surface area contributed by atoms with Crippen LogP contribution in [0.25, 0.3) is 11.0 Å². The van der Waals surface area contributed by atoms with Crippen molar-refractivity contribution in [2.45, 2.75) is 52.1 Å². The molecule has 2 aliphatic rings. The van der Waals surface area contributed by atoms with E-state index in [1.807, 2.05) is 26.0 Å². The number of fused-ring (bicyclic) bond motifs is 2. The van der Waals surface area contributed by atoms with Gasteiger partial charge in [-0.3, -0.25) is 9.69 Å². The lowest BCUT2D eigenvalue weighted by Crippen LogP contribution is -2.32. The van der Waals surface area contributed by atoms with Gasteiger partial charge >= 0.3 is 11.7 Å². The van der Waals surface area contributed by atoms with Crippen LogP contribution in [0, 0.1) is 5.92 Å². The zero-order valence-electron chi connectivity index (χ0n) is 15.0. The van der Waals surface area contributed by atoms with E-state index in [4.69, 9.17) is 4.42 Å². The molecular weight excluding hydrogens is 332 g/mol. The topological polar surface area (TPSA) is 79.6 Å². The lowest BCUT2D eigenvalue weighted by atomic mass is 10.0. The first kappa shape index (κ1) is 16.8. The van der Waals surface area contributed by atoms with Crippen LogP contribution in [0.15, 0.2) is 27.4 Å². The number of imide groups is 1. The van der Waals surface area contributed by atoms with Crippen molar-refractivity contribution >= 4 is 22.9 Å². The van der Waals surface area contributed by atoms with Gasteiger partial charge in [0.1, 0.15) is 11.6 Å². The van der Waals surface area contributed by atoms with Crippen molar-refractivity contribution in [2.75, 3.05) is 0 Å². The third-order valence-electron chi connectivity index (χ3n) is 5.19. The van der Waals surface area contributed by atoms with Crippen LogP contribution < -0.4 is 10.9 Å². The lowest BCUT2D eigenvalue weighted by molar-refractivity contribution is -0.128. The van der Waals surface area contributed by atoms with E-state index < -0.39 is 17.7 Å². The maximum Gasteiger partial charge on any atom is 0.336 e. The second-order valence-electron chi connectivity index (χ2n) is 7.62. The van der Waals surface area contributed by atoms with Crippen LogP contribution in [-0.4, -0.2) is 22.9 Å². The summed E-state index contributed by atoms with van der Waals surface area (Å²) in [6.45, 7) is 4.11. The minimum Gasteiger partial charge on any atom is -0.423 e. The Morgan fingerprint density at radius 3 is 2.62 bits per heavy atom. The second-order valence-corrected chi connectivity index (χ2v) is 7.62. The smallest absolute Gasteiger partial charge is 0.336 e. The van der Waals surface area contributed by atoms with Gasteiger partial charge in [0, 0.05) is 11.5 Å². The summed E-state index contributed by atoms with van der Waals surface area (Å²) in [6.07, 6.45) is 3.69. The van der Waals surface area contributed by atoms with Gasteiger partial charge in [-0.2, -0.15) is 0 Å². The number of amides is 3. The molecule has 0 radical (unpaired) electrons. The average molecular weight is 354 g/mol. The molecule has 0 saturated carbocycles.